The molecule has 34 heavy (non-hydrogen) atoms. The van der Waals surface area contributed by atoms with Crippen LogP contribution >= 0.6 is 0 Å². The van der Waals surface area contributed by atoms with Gasteiger partial charge in [0.15, 0.2) is 6.61 Å². The topological polar surface area (TPSA) is 61.9 Å². The van der Waals surface area contributed by atoms with Gasteiger partial charge in [-0.05, 0) is 75.8 Å². The Morgan fingerprint density at radius 2 is 1.56 bits per heavy atom. The number of nitrogens with one attached hydrogen (secondary N) is 1. The van der Waals surface area contributed by atoms with Crippen molar-refractivity contribution in [3.05, 3.63) is 65.7 Å². The zero-order chi connectivity index (χ0) is 23.9. The predicted octanol–water partition coefficient (Wildman–Crippen LogP) is 4.25. The Morgan fingerprint density at radius 1 is 0.912 bits per heavy atom. The molecule has 2 heterocycles. The Labute approximate surface area is 203 Å². The molecule has 2 saturated heterocycles. The number of nitrogens with zero attached hydrogens (tertiary/aromatic N) is 2. The molecule has 0 unspecified atom stereocenters. The highest BCUT2D eigenvalue weighted by atomic mass is 16.5. The van der Waals surface area contributed by atoms with Crippen molar-refractivity contribution < 1.29 is 14.3 Å². The summed E-state index contributed by atoms with van der Waals surface area (Å²) in [6.07, 6.45) is 5.17. The SMILES string of the molecule is C[C@@H]1CCC[C@H](C)N1C(=O)COc1ccc(C(=O)NC2CCN(Cc3ccccc3)CC2)cc1. The van der Waals surface area contributed by atoms with Gasteiger partial charge in [-0.25, -0.2) is 0 Å². The maximum absolute atomic E-state index is 12.7. The van der Waals surface area contributed by atoms with Crippen LogP contribution in [0.4, 0.5) is 0 Å². The first-order valence-electron chi connectivity index (χ1n) is 12.6. The highest BCUT2D eigenvalue weighted by Gasteiger charge is 2.29. The lowest BCUT2D eigenvalue weighted by molar-refractivity contribution is -0.139. The third-order valence-corrected chi connectivity index (χ3v) is 7.13. The van der Waals surface area contributed by atoms with Gasteiger partial charge < -0.3 is 15.0 Å². The molecule has 0 aliphatic carbocycles. The van der Waals surface area contributed by atoms with E-state index in [4.69, 9.17) is 4.74 Å². The van der Waals surface area contributed by atoms with Gasteiger partial charge in [-0.3, -0.25) is 14.5 Å². The fraction of sp³-hybridized carbons (Fsp3) is 0.500. The molecule has 1 N–H and O–H groups in total. The first-order valence-corrected chi connectivity index (χ1v) is 12.6. The van der Waals surface area contributed by atoms with E-state index in [-0.39, 0.29) is 36.5 Å². The van der Waals surface area contributed by atoms with Gasteiger partial charge >= 0.3 is 0 Å². The molecule has 6 heteroatoms. The van der Waals surface area contributed by atoms with Crippen LogP contribution in [0, 0.1) is 0 Å². The molecule has 0 spiro atoms. The fourth-order valence-corrected chi connectivity index (χ4v) is 5.18. The summed E-state index contributed by atoms with van der Waals surface area (Å²) in [7, 11) is 0. The van der Waals surface area contributed by atoms with Crippen molar-refractivity contribution in [3.63, 3.8) is 0 Å². The van der Waals surface area contributed by atoms with Crippen molar-refractivity contribution in [2.75, 3.05) is 19.7 Å². The van der Waals surface area contributed by atoms with Crippen molar-refractivity contribution >= 4 is 11.8 Å². The first-order chi connectivity index (χ1) is 16.5. The molecule has 2 aliphatic heterocycles. The highest BCUT2D eigenvalue weighted by Crippen LogP contribution is 2.23. The third-order valence-electron chi connectivity index (χ3n) is 7.13. The zero-order valence-corrected chi connectivity index (χ0v) is 20.4. The van der Waals surface area contributed by atoms with Crippen LogP contribution in [0.15, 0.2) is 54.6 Å². The molecule has 2 fully saturated rings. The molecule has 182 valence electrons. The van der Waals surface area contributed by atoms with Gasteiger partial charge in [0.2, 0.25) is 0 Å². The van der Waals surface area contributed by atoms with Crippen molar-refractivity contribution in [1.82, 2.24) is 15.1 Å². The molecular formula is C28H37N3O3. The van der Waals surface area contributed by atoms with Gasteiger partial charge in [0, 0.05) is 43.3 Å². The van der Waals surface area contributed by atoms with Crippen LogP contribution in [0.3, 0.4) is 0 Å². The maximum atomic E-state index is 12.7. The lowest BCUT2D eigenvalue weighted by atomic mass is 9.97. The molecule has 0 radical (unpaired) electrons. The van der Waals surface area contributed by atoms with E-state index in [0.29, 0.717) is 11.3 Å². The minimum atomic E-state index is -0.0555. The maximum Gasteiger partial charge on any atom is 0.260 e. The lowest BCUT2D eigenvalue weighted by Gasteiger charge is -2.38. The van der Waals surface area contributed by atoms with E-state index in [1.54, 1.807) is 24.3 Å². The molecule has 2 aliphatic rings. The van der Waals surface area contributed by atoms with Crippen LogP contribution in [0.2, 0.25) is 0 Å². The number of ether oxygens (including phenoxy) is 1. The van der Waals surface area contributed by atoms with Crippen LogP contribution < -0.4 is 10.1 Å². The largest absolute Gasteiger partial charge is 0.484 e. The number of hydrogen-bond acceptors (Lipinski definition) is 4. The normalized spacial score (nSPS) is 21.8. The second kappa shape index (κ2) is 11.5. The van der Waals surface area contributed by atoms with E-state index in [1.807, 2.05) is 11.0 Å². The molecule has 0 bridgehead atoms. The fourth-order valence-electron chi connectivity index (χ4n) is 5.18. The second-order valence-corrected chi connectivity index (χ2v) is 9.75. The van der Waals surface area contributed by atoms with Crippen LogP contribution in [-0.4, -0.2) is 59.4 Å². The van der Waals surface area contributed by atoms with Crippen molar-refractivity contribution in [2.24, 2.45) is 0 Å². The zero-order valence-electron chi connectivity index (χ0n) is 20.4. The Bertz CT molecular complexity index is 929. The quantitative estimate of drug-likeness (QED) is 0.667. The van der Waals surface area contributed by atoms with Gasteiger partial charge in [-0.1, -0.05) is 30.3 Å². The Kier molecular flexibility index (Phi) is 8.22. The van der Waals surface area contributed by atoms with Crippen LogP contribution in [-0.2, 0) is 11.3 Å². The van der Waals surface area contributed by atoms with Crippen molar-refractivity contribution in [1.29, 1.82) is 0 Å². The molecule has 2 aromatic rings. The minimum Gasteiger partial charge on any atom is -0.484 e. The van der Waals surface area contributed by atoms with Crippen LogP contribution in [0.25, 0.3) is 0 Å². The van der Waals surface area contributed by atoms with E-state index < -0.39 is 0 Å². The summed E-state index contributed by atoms with van der Waals surface area (Å²) < 4.78 is 5.73. The monoisotopic (exact) mass is 463 g/mol. The lowest BCUT2D eigenvalue weighted by Crippen LogP contribution is -2.49. The number of likely N-dealkylation sites (tertiary alicyclic amines) is 2. The summed E-state index contributed by atoms with van der Waals surface area (Å²) in [6, 6.07) is 18.3. The number of hydrogen-bond donors (Lipinski definition) is 1. The first kappa shape index (κ1) is 24.3. The summed E-state index contributed by atoms with van der Waals surface area (Å²) >= 11 is 0. The van der Waals surface area contributed by atoms with Crippen LogP contribution in [0.1, 0.15) is 61.9 Å². The molecule has 2 aromatic carbocycles. The molecule has 0 aromatic heterocycles. The Hall–Kier alpha value is -2.86. The number of carbonyl (C=O) groups excluding carboxylic acids is 2. The molecular weight excluding hydrogens is 426 g/mol. The average molecular weight is 464 g/mol. The smallest absolute Gasteiger partial charge is 0.260 e. The third kappa shape index (κ3) is 6.38. The van der Waals surface area contributed by atoms with Gasteiger partial charge in [-0.2, -0.15) is 0 Å². The molecule has 4 rings (SSSR count). The Balaban J connectivity index is 1.21. The van der Waals surface area contributed by atoms with E-state index in [0.717, 1.165) is 45.3 Å². The van der Waals surface area contributed by atoms with Crippen molar-refractivity contribution in [2.45, 2.75) is 70.6 Å². The number of rotatable bonds is 7. The Morgan fingerprint density at radius 3 is 2.21 bits per heavy atom. The van der Waals surface area contributed by atoms with Crippen LogP contribution in [0.5, 0.6) is 5.75 Å². The van der Waals surface area contributed by atoms with Crippen molar-refractivity contribution in [3.8, 4) is 5.75 Å². The standard InChI is InChI=1S/C28H37N3O3/c1-21-7-6-8-22(2)31(21)27(32)20-34-26-13-11-24(12-14-26)28(33)29-25-15-17-30(18-16-25)19-23-9-4-3-5-10-23/h3-5,9-14,21-22,25H,6-8,15-20H2,1-2H3,(H,29,33)/t21-,22+. The highest BCUT2D eigenvalue weighted by molar-refractivity contribution is 5.94. The second-order valence-electron chi connectivity index (χ2n) is 9.75. The van der Waals surface area contributed by atoms with Gasteiger partial charge in [0.1, 0.15) is 5.75 Å². The van der Waals surface area contributed by atoms with E-state index >= 15 is 0 Å². The predicted molar refractivity (Wildman–Crippen MR) is 134 cm³/mol. The molecule has 0 saturated carbocycles. The summed E-state index contributed by atoms with van der Waals surface area (Å²) in [5, 5.41) is 3.17. The minimum absolute atomic E-state index is 0.0279. The number of carbonyl (C=O) groups is 2. The molecule has 6 nitrogen and oxygen atoms in total. The van der Waals surface area contributed by atoms with E-state index in [2.05, 4.69) is 48.3 Å². The van der Waals surface area contributed by atoms with Gasteiger partial charge in [0.05, 0.1) is 0 Å². The summed E-state index contributed by atoms with van der Waals surface area (Å²) in [4.78, 5) is 29.8. The van der Waals surface area contributed by atoms with E-state index in [9.17, 15) is 9.59 Å². The summed E-state index contributed by atoms with van der Waals surface area (Å²) in [5.74, 6) is 0.580. The number of piperidine rings is 2. The van der Waals surface area contributed by atoms with Gasteiger partial charge in [0.25, 0.3) is 11.8 Å². The van der Waals surface area contributed by atoms with E-state index in [1.165, 1.54) is 12.0 Å². The molecule has 2 atom stereocenters. The summed E-state index contributed by atoms with van der Waals surface area (Å²) in [5.41, 5.74) is 1.94. The van der Waals surface area contributed by atoms with Gasteiger partial charge in [-0.15, -0.1) is 0 Å². The number of amides is 2. The number of benzene rings is 2. The average Bonchev–Trinajstić information content (AvgIpc) is 2.85. The molecule has 2 amide bonds. The summed E-state index contributed by atoms with van der Waals surface area (Å²) in [6.45, 7) is 7.16.